The maximum Gasteiger partial charge on any atom is 0.331 e. The lowest BCUT2D eigenvalue weighted by Crippen LogP contribution is -2.20. The minimum atomic E-state index is -0.615. The Morgan fingerprint density at radius 2 is 1.84 bits per heavy atom. The van der Waals surface area contributed by atoms with E-state index < -0.39 is 18.5 Å². The van der Waals surface area contributed by atoms with Gasteiger partial charge in [-0.2, -0.15) is 0 Å². The molecule has 0 heterocycles. The average Bonchev–Trinajstić information content (AvgIpc) is 2.59. The van der Waals surface area contributed by atoms with Crippen LogP contribution in [0.1, 0.15) is 22.8 Å². The molecule has 0 aliphatic heterocycles. The van der Waals surface area contributed by atoms with Gasteiger partial charge in [-0.15, -0.1) is 0 Å². The van der Waals surface area contributed by atoms with Crippen LogP contribution >= 0.6 is 15.9 Å². The Kier molecular flexibility index (Phi) is 6.65. The van der Waals surface area contributed by atoms with Crippen LogP contribution < -0.4 is 5.32 Å². The van der Waals surface area contributed by atoms with Gasteiger partial charge in [0.05, 0.1) is 0 Å². The Hall–Kier alpha value is -2.73. The van der Waals surface area contributed by atoms with Crippen molar-refractivity contribution in [1.82, 2.24) is 0 Å². The number of Topliss-reactive ketones (excluding diaryl/α,β-unsaturated/α-hetero) is 1. The number of carbonyl (C=O) groups excluding carboxylic acids is 3. The summed E-state index contributed by atoms with van der Waals surface area (Å²) in [6.07, 6.45) is 2.86. The molecule has 25 heavy (non-hydrogen) atoms. The van der Waals surface area contributed by atoms with Gasteiger partial charge in [-0.3, -0.25) is 9.59 Å². The number of carbonyl (C=O) groups is 3. The van der Waals surface area contributed by atoms with Crippen LogP contribution in [0.2, 0.25) is 0 Å². The van der Waals surface area contributed by atoms with Crippen molar-refractivity contribution in [3.63, 3.8) is 0 Å². The first-order valence-electron chi connectivity index (χ1n) is 7.45. The fourth-order valence-corrected chi connectivity index (χ4v) is 2.20. The summed E-state index contributed by atoms with van der Waals surface area (Å²) < 4.78 is 5.83. The fourth-order valence-electron chi connectivity index (χ4n) is 1.94. The summed E-state index contributed by atoms with van der Waals surface area (Å²) in [5.41, 5.74) is 1.80. The normalized spacial score (nSPS) is 10.5. The molecule has 2 aromatic carbocycles. The van der Waals surface area contributed by atoms with E-state index in [9.17, 15) is 14.4 Å². The SMILES string of the molecule is CC(=O)c1cccc(NC(=O)COC(=O)/C=C/c2ccc(Br)cc2)c1. The molecule has 128 valence electrons. The monoisotopic (exact) mass is 401 g/mol. The van der Waals surface area contributed by atoms with Crippen molar-refractivity contribution < 1.29 is 19.1 Å². The topological polar surface area (TPSA) is 72.5 Å². The van der Waals surface area contributed by atoms with Crippen LogP contribution in [0.5, 0.6) is 0 Å². The molecule has 0 atom stereocenters. The van der Waals surface area contributed by atoms with E-state index in [-0.39, 0.29) is 5.78 Å². The molecule has 0 unspecified atom stereocenters. The average molecular weight is 402 g/mol. The molecular formula is C19H16BrNO4. The van der Waals surface area contributed by atoms with Crippen LogP contribution in [-0.4, -0.2) is 24.3 Å². The van der Waals surface area contributed by atoms with E-state index >= 15 is 0 Å². The highest BCUT2D eigenvalue weighted by molar-refractivity contribution is 9.10. The highest BCUT2D eigenvalue weighted by Gasteiger charge is 2.07. The molecule has 2 rings (SSSR count). The lowest BCUT2D eigenvalue weighted by atomic mass is 10.1. The summed E-state index contributed by atoms with van der Waals surface area (Å²) >= 11 is 3.33. The van der Waals surface area contributed by atoms with Crippen LogP contribution in [0.4, 0.5) is 5.69 Å². The summed E-state index contributed by atoms with van der Waals surface area (Å²) in [6.45, 7) is 1.04. The Balaban J connectivity index is 1.83. The van der Waals surface area contributed by atoms with Crippen LogP contribution in [0.25, 0.3) is 6.08 Å². The maximum atomic E-state index is 11.8. The van der Waals surface area contributed by atoms with Crippen molar-refractivity contribution in [1.29, 1.82) is 0 Å². The summed E-state index contributed by atoms with van der Waals surface area (Å²) in [5.74, 6) is -1.19. The molecule has 1 N–H and O–H groups in total. The highest BCUT2D eigenvalue weighted by atomic mass is 79.9. The van der Waals surface area contributed by atoms with E-state index in [0.29, 0.717) is 11.3 Å². The number of ketones is 1. The van der Waals surface area contributed by atoms with E-state index in [1.54, 1.807) is 30.3 Å². The fraction of sp³-hybridized carbons (Fsp3) is 0.105. The van der Waals surface area contributed by atoms with Gasteiger partial charge < -0.3 is 10.1 Å². The number of hydrogen-bond donors (Lipinski definition) is 1. The molecule has 0 saturated carbocycles. The molecule has 0 aromatic heterocycles. The second-order valence-electron chi connectivity index (χ2n) is 5.18. The quantitative estimate of drug-likeness (QED) is 0.453. The largest absolute Gasteiger partial charge is 0.452 e. The molecule has 6 heteroatoms. The smallest absolute Gasteiger partial charge is 0.331 e. The Labute approximate surface area is 153 Å². The zero-order valence-electron chi connectivity index (χ0n) is 13.5. The van der Waals surface area contributed by atoms with Gasteiger partial charge in [0.1, 0.15) is 0 Å². The van der Waals surface area contributed by atoms with E-state index in [4.69, 9.17) is 4.74 Å². The molecule has 0 fully saturated rings. The molecule has 0 spiro atoms. The van der Waals surface area contributed by atoms with Gasteiger partial charge in [-0.25, -0.2) is 4.79 Å². The summed E-state index contributed by atoms with van der Waals surface area (Å²) in [4.78, 5) is 34.8. The van der Waals surface area contributed by atoms with Crippen molar-refractivity contribution in [2.75, 3.05) is 11.9 Å². The molecule has 2 aromatic rings. The van der Waals surface area contributed by atoms with E-state index in [1.807, 2.05) is 24.3 Å². The van der Waals surface area contributed by atoms with Crippen LogP contribution in [0.3, 0.4) is 0 Å². The zero-order chi connectivity index (χ0) is 18.2. The second kappa shape index (κ2) is 8.94. The van der Waals surface area contributed by atoms with Crippen molar-refractivity contribution in [3.05, 3.63) is 70.2 Å². The van der Waals surface area contributed by atoms with E-state index in [1.165, 1.54) is 13.0 Å². The first kappa shape index (κ1) is 18.6. The van der Waals surface area contributed by atoms with E-state index in [0.717, 1.165) is 10.0 Å². The minimum Gasteiger partial charge on any atom is -0.452 e. The van der Waals surface area contributed by atoms with E-state index in [2.05, 4.69) is 21.2 Å². The van der Waals surface area contributed by atoms with Crippen LogP contribution in [0, 0.1) is 0 Å². The van der Waals surface area contributed by atoms with Crippen LogP contribution in [0.15, 0.2) is 59.1 Å². The molecule has 0 radical (unpaired) electrons. The predicted octanol–water partition coefficient (Wildman–Crippen LogP) is 3.85. The summed E-state index contributed by atoms with van der Waals surface area (Å²) in [7, 11) is 0. The third-order valence-electron chi connectivity index (χ3n) is 3.18. The molecule has 0 bridgehead atoms. The lowest BCUT2D eigenvalue weighted by Gasteiger charge is -2.06. The molecular weight excluding hydrogens is 386 g/mol. The van der Waals surface area contributed by atoms with Crippen LogP contribution in [-0.2, 0) is 14.3 Å². The molecule has 5 nitrogen and oxygen atoms in total. The number of nitrogens with one attached hydrogen (secondary N) is 1. The van der Waals surface area contributed by atoms with Gasteiger partial charge in [0.15, 0.2) is 12.4 Å². The van der Waals surface area contributed by atoms with Gasteiger partial charge >= 0.3 is 5.97 Å². The van der Waals surface area contributed by atoms with Gasteiger partial charge in [0.25, 0.3) is 5.91 Å². The number of esters is 1. The highest BCUT2D eigenvalue weighted by Crippen LogP contribution is 2.12. The van der Waals surface area contributed by atoms with Crippen molar-refractivity contribution in [2.45, 2.75) is 6.92 Å². The Morgan fingerprint density at radius 1 is 1.12 bits per heavy atom. The zero-order valence-corrected chi connectivity index (χ0v) is 15.1. The lowest BCUT2D eigenvalue weighted by molar-refractivity contribution is -0.142. The second-order valence-corrected chi connectivity index (χ2v) is 6.09. The standard InChI is InChI=1S/C19H16BrNO4/c1-13(22)15-3-2-4-17(11-15)21-18(23)12-25-19(24)10-7-14-5-8-16(20)9-6-14/h2-11H,12H2,1H3,(H,21,23)/b10-7+. The minimum absolute atomic E-state index is 0.0967. The number of rotatable bonds is 6. The molecule has 1 amide bonds. The number of benzene rings is 2. The first-order valence-corrected chi connectivity index (χ1v) is 8.24. The number of ether oxygens (including phenoxy) is 1. The third kappa shape index (κ3) is 6.35. The Bertz CT molecular complexity index is 812. The number of anilines is 1. The summed E-state index contributed by atoms with van der Waals surface area (Å²) in [6, 6.07) is 13.9. The van der Waals surface area contributed by atoms with Gasteiger partial charge in [0, 0.05) is 21.8 Å². The molecule has 0 saturated heterocycles. The number of amides is 1. The third-order valence-corrected chi connectivity index (χ3v) is 3.71. The van der Waals surface area contributed by atoms with Gasteiger partial charge in [-0.05, 0) is 42.8 Å². The number of halogens is 1. The summed E-state index contributed by atoms with van der Waals surface area (Å²) in [5, 5.41) is 2.57. The Morgan fingerprint density at radius 3 is 2.52 bits per heavy atom. The first-order chi connectivity index (χ1) is 11.9. The predicted molar refractivity (Wildman–Crippen MR) is 99.2 cm³/mol. The molecule has 0 aliphatic carbocycles. The van der Waals surface area contributed by atoms with Crippen molar-refractivity contribution >= 4 is 45.4 Å². The van der Waals surface area contributed by atoms with Gasteiger partial charge in [0.2, 0.25) is 0 Å². The molecule has 0 aliphatic rings. The van der Waals surface area contributed by atoms with Crippen molar-refractivity contribution in [3.8, 4) is 0 Å². The maximum absolute atomic E-state index is 11.8. The van der Waals surface area contributed by atoms with Crippen molar-refractivity contribution in [2.24, 2.45) is 0 Å². The van der Waals surface area contributed by atoms with Gasteiger partial charge in [-0.1, -0.05) is 40.2 Å². The number of hydrogen-bond acceptors (Lipinski definition) is 4.